The van der Waals surface area contributed by atoms with Gasteiger partial charge in [-0.2, -0.15) is 13.2 Å². The van der Waals surface area contributed by atoms with Crippen molar-refractivity contribution in [2.75, 3.05) is 22.1 Å². The van der Waals surface area contributed by atoms with Crippen molar-refractivity contribution < 1.29 is 22.8 Å². The Balaban J connectivity index is 1.67. The highest BCUT2D eigenvalue weighted by Gasteiger charge is 2.30. The Hall–Kier alpha value is -2.79. The van der Waals surface area contributed by atoms with Gasteiger partial charge in [0.15, 0.2) is 5.11 Å². The van der Waals surface area contributed by atoms with Crippen LogP contribution in [0.25, 0.3) is 0 Å². The van der Waals surface area contributed by atoms with Crippen molar-refractivity contribution >= 4 is 52.3 Å². The number of anilines is 2. The van der Waals surface area contributed by atoms with Crippen LogP contribution in [0.1, 0.15) is 5.56 Å². The Morgan fingerprint density at radius 3 is 2.21 bits per heavy atom. The van der Waals surface area contributed by atoms with E-state index in [2.05, 4.69) is 21.5 Å². The Bertz CT molecular complexity index is 864. The summed E-state index contributed by atoms with van der Waals surface area (Å²) in [5, 5.41) is 5.16. The first-order valence-electron chi connectivity index (χ1n) is 8.20. The Morgan fingerprint density at radius 1 is 0.862 bits per heavy atom. The molecule has 0 atom stereocenters. The van der Waals surface area contributed by atoms with Gasteiger partial charge in [-0.3, -0.25) is 20.4 Å². The van der Waals surface area contributed by atoms with Gasteiger partial charge >= 0.3 is 6.18 Å². The topological polar surface area (TPSA) is 82.3 Å². The first-order chi connectivity index (χ1) is 13.7. The molecule has 154 valence electrons. The number of hydrogen-bond acceptors (Lipinski definition) is 4. The third kappa shape index (κ3) is 8.40. The number of para-hydroxylation sites is 1. The maximum absolute atomic E-state index is 12.7. The van der Waals surface area contributed by atoms with Crippen LogP contribution < -0.4 is 21.5 Å². The van der Waals surface area contributed by atoms with Crippen molar-refractivity contribution in [1.82, 2.24) is 10.9 Å². The molecule has 0 bridgehead atoms. The second-order valence-corrected chi connectivity index (χ2v) is 7.01. The number of carbonyl (C=O) groups excluding carboxylic acids is 2. The fourth-order valence-electron chi connectivity index (χ4n) is 2.05. The lowest BCUT2D eigenvalue weighted by atomic mass is 10.2. The van der Waals surface area contributed by atoms with Crippen LogP contribution in [-0.4, -0.2) is 28.4 Å². The predicted octanol–water partition coefficient (Wildman–Crippen LogP) is 3.39. The first kappa shape index (κ1) is 22.5. The maximum Gasteiger partial charge on any atom is 0.416 e. The molecule has 2 rings (SSSR count). The van der Waals surface area contributed by atoms with Crippen molar-refractivity contribution in [3.05, 3.63) is 60.2 Å². The molecule has 0 aliphatic carbocycles. The molecule has 0 aliphatic heterocycles. The second-order valence-electron chi connectivity index (χ2n) is 5.61. The van der Waals surface area contributed by atoms with E-state index < -0.39 is 17.6 Å². The number of hydrazine groups is 1. The fraction of sp³-hybridized carbons (Fsp3) is 0.167. The first-order valence-corrected chi connectivity index (χ1v) is 9.76. The van der Waals surface area contributed by atoms with E-state index in [9.17, 15) is 22.8 Å². The van der Waals surface area contributed by atoms with Gasteiger partial charge in [-0.05, 0) is 42.5 Å². The standard InChI is InChI=1S/C18H17F3N4O2S2/c19-18(20,21)12-5-4-8-14(9-12)23-17(28)25-24-16(27)11-29-10-15(26)22-13-6-2-1-3-7-13/h1-9H,10-11H2,(H,22,26)(H,24,27)(H2,23,25,28). The van der Waals surface area contributed by atoms with Crippen LogP contribution in [0, 0.1) is 0 Å². The number of carbonyl (C=O) groups is 2. The lowest BCUT2D eigenvalue weighted by Crippen LogP contribution is -2.44. The molecule has 0 aromatic heterocycles. The summed E-state index contributed by atoms with van der Waals surface area (Å²) in [5.41, 5.74) is 4.66. The third-order valence-corrected chi connectivity index (χ3v) is 4.42. The molecule has 0 spiro atoms. The molecule has 0 unspecified atom stereocenters. The summed E-state index contributed by atoms with van der Waals surface area (Å²) in [6.07, 6.45) is -4.47. The molecular weight excluding hydrogens is 425 g/mol. The molecule has 0 fully saturated rings. The molecule has 29 heavy (non-hydrogen) atoms. The normalized spacial score (nSPS) is 10.7. The fourth-order valence-corrected chi connectivity index (χ4v) is 2.84. The van der Waals surface area contributed by atoms with Crippen LogP contribution in [0.5, 0.6) is 0 Å². The van der Waals surface area contributed by atoms with Crippen LogP contribution in [-0.2, 0) is 15.8 Å². The number of benzene rings is 2. The Morgan fingerprint density at radius 2 is 1.52 bits per heavy atom. The highest BCUT2D eigenvalue weighted by molar-refractivity contribution is 8.00. The van der Waals surface area contributed by atoms with E-state index in [1.54, 1.807) is 24.3 Å². The van der Waals surface area contributed by atoms with Gasteiger partial charge in [0.2, 0.25) is 11.8 Å². The molecule has 2 amide bonds. The van der Waals surface area contributed by atoms with E-state index in [1.165, 1.54) is 12.1 Å². The Kier molecular flexibility index (Phi) is 8.28. The lowest BCUT2D eigenvalue weighted by Gasteiger charge is -2.13. The van der Waals surface area contributed by atoms with Gasteiger partial charge in [0.1, 0.15) is 0 Å². The summed E-state index contributed by atoms with van der Waals surface area (Å²) >= 11 is 6.03. The number of thiocarbonyl (C=S) groups is 1. The molecule has 2 aromatic carbocycles. The van der Waals surface area contributed by atoms with Crippen LogP contribution in [0.4, 0.5) is 24.5 Å². The number of amides is 2. The van der Waals surface area contributed by atoms with Gasteiger partial charge in [0.05, 0.1) is 17.1 Å². The highest BCUT2D eigenvalue weighted by atomic mass is 32.2. The monoisotopic (exact) mass is 442 g/mol. The van der Waals surface area contributed by atoms with Crippen LogP contribution >= 0.6 is 24.0 Å². The molecule has 0 heterocycles. The van der Waals surface area contributed by atoms with Crippen molar-refractivity contribution in [2.24, 2.45) is 0 Å². The van der Waals surface area contributed by atoms with E-state index in [0.717, 1.165) is 23.9 Å². The predicted molar refractivity (Wildman–Crippen MR) is 111 cm³/mol. The number of rotatable bonds is 6. The summed E-state index contributed by atoms with van der Waals surface area (Å²) < 4.78 is 38.1. The minimum Gasteiger partial charge on any atom is -0.331 e. The second kappa shape index (κ2) is 10.7. The van der Waals surface area contributed by atoms with E-state index in [-0.39, 0.29) is 28.2 Å². The SMILES string of the molecule is O=C(CSCC(=O)Nc1ccccc1)NNC(=S)Nc1cccc(C(F)(F)F)c1. The number of alkyl halides is 3. The van der Waals surface area contributed by atoms with Gasteiger partial charge in [-0.15, -0.1) is 11.8 Å². The number of halogens is 3. The summed E-state index contributed by atoms with van der Waals surface area (Å²) in [5.74, 6) is -0.629. The molecule has 2 aromatic rings. The average molecular weight is 442 g/mol. The molecular formula is C18H17F3N4O2S2. The molecule has 6 nitrogen and oxygen atoms in total. The van der Waals surface area contributed by atoms with Crippen LogP contribution in [0.2, 0.25) is 0 Å². The van der Waals surface area contributed by atoms with Crippen LogP contribution in [0.15, 0.2) is 54.6 Å². The molecule has 0 saturated carbocycles. The number of hydrogen-bond donors (Lipinski definition) is 4. The van der Waals surface area contributed by atoms with Gasteiger partial charge in [-0.1, -0.05) is 24.3 Å². The average Bonchev–Trinajstić information content (AvgIpc) is 2.67. The zero-order chi connectivity index (χ0) is 21.3. The van der Waals surface area contributed by atoms with Gasteiger partial charge in [-0.25, -0.2) is 0 Å². The number of thioether (sulfide) groups is 1. The minimum atomic E-state index is -4.47. The number of nitrogens with one attached hydrogen (secondary N) is 4. The minimum absolute atomic E-state index is 0.0125. The van der Waals surface area contributed by atoms with E-state index in [1.807, 2.05) is 6.07 Å². The molecule has 0 radical (unpaired) electrons. The van der Waals surface area contributed by atoms with Crippen molar-refractivity contribution in [3.8, 4) is 0 Å². The maximum atomic E-state index is 12.7. The zero-order valence-corrected chi connectivity index (χ0v) is 16.5. The molecule has 11 heteroatoms. The quantitative estimate of drug-likeness (QED) is 0.406. The Labute approximate surface area is 174 Å². The van der Waals surface area contributed by atoms with Crippen LogP contribution in [0.3, 0.4) is 0 Å². The lowest BCUT2D eigenvalue weighted by molar-refractivity contribution is -0.137. The van der Waals surface area contributed by atoms with E-state index >= 15 is 0 Å². The molecule has 0 saturated heterocycles. The zero-order valence-electron chi connectivity index (χ0n) is 14.9. The van der Waals surface area contributed by atoms with E-state index in [4.69, 9.17) is 12.2 Å². The summed E-state index contributed by atoms with van der Waals surface area (Å²) in [6, 6.07) is 13.4. The van der Waals surface area contributed by atoms with Gasteiger partial charge in [0, 0.05) is 11.4 Å². The highest BCUT2D eigenvalue weighted by Crippen LogP contribution is 2.30. The summed E-state index contributed by atoms with van der Waals surface area (Å²) in [4.78, 5) is 23.5. The molecule has 0 aliphatic rings. The van der Waals surface area contributed by atoms with E-state index in [0.29, 0.717) is 5.69 Å². The summed E-state index contributed by atoms with van der Waals surface area (Å²) in [7, 11) is 0. The van der Waals surface area contributed by atoms with Crippen molar-refractivity contribution in [1.29, 1.82) is 0 Å². The van der Waals surface area contributed by atoms with Gasteiger partial charge < -0.3 is 10.6 Å². The van der Waals surface area contributed by atoms with Crippen molar-refractivity contribution in [2.45, 2.75) is 6.18 Å². The largest absolute Gasteiger partial charge is 0.416 e. The summed E-state index contributed by atoms with van der Waals surface area (Å²) in [6.45, 7) is 0. The smallest absolute Gasteiger partial charge is 0.331 e. The van der Waals surface area contributed by atoms with Gasteiger partial charge in [0.25, 0.3) is 0 Å². The van der Waals surface area contributed by atoms with Crippen molar-refractivity contribution in [3.63, 3.8) is 0 Å². The third-order valence-electron chi connectivity index (χ3n) is 3.29. The molecule has 4 N–H and O–H groups in total.